The van der Waals surface area contributed by atoms with E-state index in [-0.39, 0.29) is 18.5 Å². The number of anilines is 1. The quantitative estimate of drug-likeness (QED) is 0.171. The second-order valence-electron chi connectivity index (χ2n) is 11.5. The second-order valence-corrected chi connectivity index (χ2v) is 17.2. The highest BCUT2D eigenvalue weighted by molar-refractivity contribution is 6.76. The van der Waals surface area contributed by atoms with Gasteiger partial charge < -0.3 is 14.2 Å². The number of nitrogens with zero attached hydrogens (tertiary/aromatic N) is 6. The predicted molar refractivity (Wildman–Crippen MR) is 153 cm³/mol. The Morgan fingerprint density at radius 3 is 2.46 bits per heavy atom. The van der Waals surface area contributed by atoms with E-state index in [1.807, 2.05) is 30.5 Å². The molecule has 0 unspecified atom stereocenters. The first kappa shape index (κ1) is 28.7. The Balaban J connectivity index is 1.53. The first-order valence-corrected chi connectivity index (χ1v) is 17.2. The molecule has 0 N–H and O–H groups in total. The van der Waals surface area contributed by atoms with E-state index in [0.29, 0.717) is 41.8 Å². The lowest BCUT2D eigenvalue weighted by molar-refractivity contribution is -0.137. The summed E-state index contributed by atoms with van der Waals surface area (Å²) in [7, 11) is -1.27. The molecule has 216 valence electrons. The standard InChI is InChI=1S/C29H33F3N6O2Si/c1-19-17-36(23-10-8-22(9-11-23)29(30,31)32)28(39)26-24(16-34-38(19)26)25-20(2)37(18-40-13-14-41(3,4)5)27(35-25)21-7-6-12-33-15-21/h6-12,15-16,19H,13-14,17-18H2,1-5H3/t19-/m0/s1. The number of fused-ring (bicyclic) bond motifs is 1. The number of imidazole rings is 1. The number of aromatic nitrogens is 5. The van der Waals surface area contributed by atoms with Gasteiger partial charge in [-0.05, 0) is 56.3 Å². The number of ether oxygens (including phenoxy) is 1. The Labute approximate surface area is 237 Å². The van der Waals surface area contributed by atoms with E-state index in [1.54, 1.807) is 23.3 Å². The lowest BCUT2D eigenvalue weighted by Crippen LogP contribution is -2.42. The molecular formula is C29H33F3N6O2Si. The Morgan fingerprint density at radius 2 is 1.83 bits per heavy atom. The van der Waals surface area contributed by atoms with E-state index in [4.69, 9.17) is 9.72 Å². The van der Waals surface area contributed by atoms with Crippen LogP contribution in [0.1, 0.15) is 34.7 Å². The molecule has 0 saturated heterocycles. The van der Waals surface area contributed by atoms with Gasteiger partial charge >= 0.3 is 6.18 Å². The maximum Gasteiger partial charge on any atom is 0.416 e. The Hall–Kier alpha value is -3.77. The zero-order valence-corrected chi connectivity index (χ0v) is 24.7. The van der Waals surface area contributed by atoms with E-state index < -0.39 is 19.8 Å². The van der Waals surface area contributed by atoms with Gasteiger partial charge in [0.1, 0.15) is 18.2 Å². The van der Waals surface area contributed by atoms with Crippen molar-refractivity contribution >= 4 is 19.7 Å². The van der Waals surface area contributed by atoms with Crippen LogP contribution in [-0.2, 0) is 17.6 Å². The van der Waals surface area contributed by atoms with Gasteiger partial charge in [-0.1, -0.05) is 19.6 Å². The first-order chi connectivity index (χ1) is 19.3. The summed E-state index contributed by atoms with van der Waals surface area (Å²) in [4.78, 5) is 24.6. The molecule has 1 aliphatic heterocycles. The average molecular weight is 583 g/mol. The number of pyridine rings is 1. The number of alkyl halides is 3. The van der Waals surface area contributed by atoms with Gasteiger partial charge in [-0.3, -0.25) is 14.5 Å². The first-order valence-electron chi connectivity index (χ1n) is 13.5. The van der Waals surface area contributed by atoms with Gasteiger partial charge in [0.2, 0.25) is 0 Å². The fourth-order valence-electron chi connectivity index (χ4n) is 4.88. The summed E-state index contributed by atoms with van der Waals surface area (Å²) < 4.78 is 49.1. The van der Waals surface area contributed by atoms with Gasteiger partial charge in [0.05, 0.1) is 29.1 Å². The molecule has 0 bridgehead atoms. The molecule has 1 aromatic carbocycles. The minimum Gasteiger partial charge on any atom is -0.361 e. The molecule has 12 heteroatoms. The maximum atomic E-state index is 13.9. The van der Waals surface area contributed by atoms with Crippen molar-refractivity contribution in [3.05, 3.63) is 71.9 Å². The van der Waals surface area contributed by atoms with Gasteiger partial charge in [-0.25, -0.2) is 4.98 Å². The van der Waals surface area contributed by atoms with E-state index in [2.05, 4.69) is 29.7 Å². The third-order valence-corrected chi connectivity index (χ3v) is 8.93. The second kappa shape index (κ2) is 10.9. The number of rotatable bonds is 8. The van der Waals surface area contributed by atoms with Crippen molar-refractivity contribution in [3.63, 3.8) is 0 Å². The normalized spacial score (nSPS) is 15.9. The third-order valence-electron chi connectivity index (χ3n) is 7.23. The van der Waals surface area contributed by atoms with Gasteiger partial charge in [0.25, 0.3) is 5.91 Å². The van der Waals surface area contributed by atoms with E-state index in [9.17, 15) is 18.0 Å². The van der Waals surface area contributed by atoms with E-state index in [0.717, 1.165) is 29.4 Å². The number of halogens is 3. The van der Waals surface area contributed by atoms with Crippen molar-refractivity contribution in [2.75, 3.05) is 18.1 Å². The molecule has 8 nitrogen and oxygen atoms in total. The number of carbonyl (C=O) groups excluding carboxylic acids is 1. The van der Waals surface area contributed by atoms with Crippen LogP contribution in [0.4, 0.5) is 18.9 Å². The minimum absolute atomic E-state index is 0.205. The van der Waals surface area contributed by atoms with Crippen LogP contribution in [0.5, 0.6) is 0 Å². The van der Waals surface area contributed by atoms with Crippen LogP contribution < -0.4 is 4.90 Å². The zero-order chi connectivity index (χ0) is 29.5. The van der Waals surface area contributed by atoms with Gasteiger partial charge in [-0.15, -0.1) is 0 Å². The highest BCUT2D eigenvalue weighted by Gasteiger charge is 2.36. The van der Waals surface area contributed by atoms with Crippen molar-refractivity contribution in [2.45, 2.75) is 58.5 Å². The van der Waals surface area contributed by atoms with Gasteiger partial charge in [0, 0.05) is 50.6 Å². The van der Waals surface area contributed by atoms with E-state index in [1.165, 1.54) is 17.0 Å². The third kappa shape index (κ3) is 5.84. The Kier molecular flexibility index (Phi) is 7.64. The molecule has 0 radical (unpaired) electrons. The molecule has 3 aromatic heterocycles. The molecule has 4 aromatic rings. The number of benzene rings is 1. The van der Waals surface area contributed by atoms with Crippen molar-refractivity contribution in [2.24, 2.45) is 0 Å². The average Bonchev–Trinajstić information content (AvgIpc) is 3.50. The molecular weight excluding hydrogens is 549 g/mol. The van der Waals surface area contributed by atoms with Crippen LogP contribution in [0, 0.1) is 6.92 Å². The molecule has 1 amide bonds. The van der Waals surface area contributed by atoms with Crippen molar-refractivity contribution < 1.29 is 22.7 Å². The fraction of sp³-hybridized carbons (Fsp3) is 0.379. The summed E-state index contributed by atoms with van der Waals surface area (Å²) in [5.41, 5.74) is 2.73. The lowest BCUT2D eigenvalue weighted by Gasteiger charge is -2.32. The van der Waals surface area contributed by atoms with Crippen molar-refractivity contribution in [3.8, 4) is 22.6 Å². The van der Waals surface area contributed by atoms with Gasteiger partial charge in [-0.2, -0.15) is 18.3 Å². The van der Waals surface area contributed by atoms with Crippen LogP contribution in [-0.4, -0.2) is 51.4 Å². The van der Waals surface area contributed by atoms with Crippen LogP contribution in [0.25, 0.3) is 22.6 Å². The molecule has 0 spiro atoms. The molecule has 0 aliphatic carbocycles. The van der Waals surface area contributed by atoms with Crippen LogP contribution in [0.15, 0.2) is 55.0 Å². The summed E-state index contributed by atoms with van der Waals surface area (Å²) in [6, 6.07) is 9.23. The highest BCUT2D eigenvalue weighted by Crippen LogP contribution is 2.36. The number of amides is 1. The monoisotopic (exact) mass is 582 g/mol. The minimum atomic E-state index is -4.45. The summed E-state index contributed by atoms with van der Waals surface area (Å²) in [6.07, 6.45) is 0.610. The summed E-state index contributed by atoms with van der Waals surface area (Å²) in [6.45, 7) is 11.9. The maximum absolute atomic E-state index is 13.9. The number of hydrogen-bond acceptors (Lipinski definition) is 5. The summed E-state index contributed by atoms with van der Waals surface area (Å²) >= 11 is 0. The van der Waals surface area contributed by atoms with Crippen molar-refractivity contribution in [1.82, 2.24) is 24.3 Å². The molecule has 41 heavy (non-hydrogen) atoms. The SMILES string of the molecule is Cc1c(-c2cnn3c2C(=O)N(c2ccc(C(F)(F)F)cc2)C[C@@H]3C)nc(-c2cccnc2)n1COCC[Si](C)(C)C. The molecule has 0 fully saturated rings. The lowest BCUT2D eigenvalue weighted by atomic mass is 10.1. The number of carbonyl (C=O) groups is 1. The predicted octanol–water partition coefficient (Wildman–Crippen LogP) is 6.67. The molecule has 1 atom stereocenters. The molecule has 1 aliphatic rings. The van der Waals surface area contributed by atoms with Crippen LogP contribution in [0.2, 0.25) is 25.7 Å². The van der Waals surface area contributed by atoms with Crippen molar-refractivity contribution in [1.29, 1.82) is 0 Å². The Bertz CT molecular complexity index is 1540. The summed E-state index contributed by atoms with van der Waals surface area (Å²) in [5, 5.41) is 4.53. The largest absolute Gasteiger partial charge is 0.416 e. The summed E-state index contributed by atoms with van der Waals surface area (Å²) in [5.74, 6) is 0.313. The van der Waals surface area contributed by atoms with Crippen LogP contribution >= 0.6 is 0 Å². The molecule has 5 rings (SSSR count). The Morgan fingerprint density at radius 1 is 1.10 bits per heavy atom. The topological polar surface area (TPSA) is 78.1 Å². The fourth-order valence-corrected chi connectivity index (χ4v) is 5.64. The van der Waals surface area contributed by atoms with Crippen LogP contribution in [0.3, 0.4) is 0 Å². The van der Waals surface area contributed by atoms with E-state index >= 15 is 0 Å². The molecule has 4 heterocycles. The van der Waals surface area contributed by atoms with Gasteiger partial charge in [0.15, 0.2) is 0 Å². The highest BCUT2D eigenvalue weighted by atomic mass is 28.3. The smallest absolute Gasteiger partial charge is 0.361 e. The zero-order valence-electron chi connectivity index (χ0n) is 23.7. The number of hydrogen-bond donors (Lipinski definition) is 0. The molecule has 0 saturated carbocycles.